The van der Waals surface area contributed by atoms with Gasteiger partial charge in [0.1, 0.15) is 5.56 Å². The van der Waals surface area contributed by atoms with E-state index in [2.05, 4.69) is 10.5 Å². The number of fused-ring (bicyclic) bond motifs is 1. The molecule has 1 aromatic rings. The number of oxime groups is 1. The van der Waals surface area contributed by atoms with E-state index in [0.29, 0.717) is 5.56 Å². The highest BCUT2D eigenvalue weighted by atomic mass is 16.6. The Bertz CT molecular complexity index is 750. The number of rotatable bonds is 1. The van der Waals surface area contributed by atoms with Gasteiger partial charge in [0.25, 0.3) is 17.4 Å². The number of carbonyl (C=O) groups is 3. The second-order valence-electron chi connectivity index (χ2n) is 4.41. The summed E-state index contributed by atoms with van der Waals surface area (Å²) in [6.07, 6.45) is 0. The third-order valence-electron chi connectivity index (χ3n) is 3.21. The lowest BCUT2D eigenvalue weighted by atomic mass is 9.96. The van der Waals surface area contributed by atoms with Crippen molar-refractivity contribution in [2.45, 2.75) is 13.8 Å². The Hall–Kier alpha value is -3.10. The zero-order valence-corrected chi connectivity index (χ0v) is 11.0. The monoisotopic (exact) mass is 291 g/mol. The largest absolute Gasteiger partial charge is 0.410 e. The van der Waals surface area contributed by atoms with Crippen molar-refractivity contribution in [3.63, 3.8) is 0 Å². The summed E-state index contributed by atoms with van der Waals surface area (Å²) < 4.78 is 0. The maximum Gasteiger partial charge on any atom is 0.285 e. The average Bonchev–Trinajstić information content (AvgIpc) is 2.48. The van der Waals surface area contributed by atoms with Crippen LogP contribution in [0.3, 0.4) is 0 Å². The van der Waals surface area contributed by atoms with Crippen molar-refractivity contribution >= 4 is 34.6 Å². The van der Waals surface area contributed by atoms with Crippen molar-refractivity contribution in [1.82, 2.24) is 0 Å². The van der Waals surface area contributed by atoms with Gasteiger partial charge in [-0.15, -0.1) is 0 Å². The minimum atomic E-state index is -1.40. The van der Waals surface area contributed by atoms with E-state index in [1.807, 2.05) is 0 Å². The van der Waals surface area contributed by atoms with Crippen LogP contribution in [0.25, 0.3) is 0 Å². The third-order valence-corrected chi connectivity index (χ3v) is 3.21. The number of carbonyl (C=O) groups excluding carboxylic acids is 3. The van der Waals surface area contributed by atoms with Crippen molar-refractivity contribution in [2.75, 3.05) is 5.32 Å². The SMILES string of the molecule is Cc1cc2c(c([N+](=O)[O-])c1C)C(=O)C(=O)/C(=N/O)C(=O)N2. The first-order chi connectivity index (χ1) is 9.79. The standard InChI is InChI=1S/C12H9N3O6/c1-4-3-6-7(9(5(4)2)15(20)21)10(16)11(17)8(14-19)12(18)13-6/h3,19H,1-2H3,(H,13,18)/b14-8-. The molecule has 9 nitrogen and oxygen atoms in total. The predicted molar refractivity (Wildman–Crippen MR) is 69.8 cm³/mol. The molecule has 21 heavy (non-hydrogen) atoms. The lowest BCUT2D eigenvalue weighted by molar-refractivity contribution is -0.385. The molecule has 1 aromatic carbocycles. The summed E-state index contributed by atoms with van der Waals surface area (Å²) >= 11 is 0. The number of nitrogens with one attached hydrogen (secondary N) is 1. The predicted octanol–water partition coefficient (Wildman–Crippen LogP) is 0.746. The zero-order valence-electron chi connectivity index (χ0n) is 11.0. The van der Waals surface area contributed by atoms with Crippen LogP contribution in [0.2, 0.25) is 0 Å². The van der Waals surface area contributed by atoms with Gasteiger partial charge in [-0.05, 0) is 25.5 Å². The van der Waals surface area contributed by atoms with E-state index < -0.39 is 39.4 Å². The molecule has 1 amide bonds. The summed E-state index contributed by atoms with van der Waals surface area (Å²) in [4.78, 5) is 46.0. The molecule has 0 saturated heterocycles. The van der Waals surface area contributed by atoms with Crippen LogP contribution in [0.5, 0.6) is 0 Å². The van der Waals surface area contributed by atoms with Gasteiger partial charge in [0.2, 0.25) is 11.5 Å². The average molecular weight is 291 g/mol. The summed E-state index contributed by atoms with van der Waals surface area (Å²) in [5, 5.41) is 24.5. The fourth-order valence-electron chi connectivity index (χ4n) is 2.05. The highest BCUT2D eigenvalue weighted by molar-refractivity contribution is 6.83. The summed E-state index contributed by atoms with van der Waals surface area (Å²) in [7, 11) is 0. The maximum atomic E-state index is 12.1. The molecule has 0 spiro atoms. The summed E-state index contributed by atoms with van der Waals surface area (Å²) in [5.74, 6) is -3.78. The first-order valence-electron chi connectivity index (χ1n) is 5.70. The first kappa shape index (κ1) is 14.3. The second kappa shape index (κ2) is 4.78. The van der Waals surface area contributed by atoms with Gasteiger partial charge in [0, 0.05) is 5.56 Å². The Kier molecular flexibility index (Phi) is 3.26. The highest BCUT2D eigenvalue weighted by Gasteiger charge is 2.39. The Morgan fingerprint density at radius 1 is 1.24 bits per heavy atom. The molecule has 2 N–H and O–H groups in total. The Balaban J connectivity index is 2.87. The summed E-state index contributed by atoms with van der Waals surface area (Å²) in [6.45, 7) is 2.99. The van der Waals surface area contributed by atoms with Gasteiger partial charge in [0.05, 0.1) is 10.6 Å². The molecule has 0 radical (unpaired) electrons. The molecule has 0 aromatic heterocycles. The van der Waals surface area contributed by atoms with E-state index in [1.54, 1.807) is 6.92 Å². The number of nitro groups is 1. The van der Waals surface area contributed by atoms with Gasteiger partial charge in [-0.25, -0.2) is 0 Å². The van der Waals surface area contributed by atoms with Gasteiger partial charge in [0.15, 0.2) is 0 Å². The molecule has 0 fully saturated rings. The molecule has 0 bridgehead atoms. The molecular weight excluding hydrogens is 282 g/mol. The number of ketones is 2. The van der Waals surface area contributed by atoms with E-state index in [1.165, 1.54) is 13.0 Å². The van der Waals surface area contributed by atoms with Crippen LogP contribution in [0, 0.1) is 24.0 Å². The van der Waals surface area contributed by atoms with Crippen LogP contribution in [-0.4, -0.2) is 33.3 Å². The molecule has 2 rings (SSSR count). The van der Waals surface area contributed by atoms with Crippen LogP contribution < -0.4 is 5.32 Å². The molecule has 0 saturated carbocycles. The molecule has 1 aliphatic rings. The highest BCUT2D eigenvalue weighted by Crippen LogP contribution is 2.34. The molecule has 0 aliphatic carbocycles. The fraction of sp³-hybridized carbons (Fsp3) is 0.167. The molecule has 9 heteroatoms. The number of benzene rings is 1. The molecule has 0 unspecified atom stereocenters. The van der Waals surface area contributed by atoms with Gasteiger partial charge >= 0.3 is 0 Å². The van der Waals surface area contributed by atoms with Crippen molar-refractivity contribution < 1.29 is 24.5 Å². The lowest BCUT2D eigenvalue weighted by Crippen LogP contribution is -2.31. The number of Topliss-reactive ketones (excluding diaryl/α,β-unsaturated/α-hetero) is 2. The van der Waals surface area contributed by atoms with Gasteiger partial charge in [-0.2, -0.15) is 0 Å². The van der Waals surface area contributed by atoms with E-state index >= 15 is 0 Å². The number of anilines is 1. The first-order valence-corrected chi connectivity index (χ1v) is 5.70. The normalized spacial score (nSPS) is 16.5. The Morgan fingerprint density at radius 3 is 2.38 bits per heavy atom. The van der Waals surface area contributed by atoms with Crippen LogP contribution in [0.4, 0.5) is 11.4 Å². The van der Waals surface area contributed by atoms with Crippen molar-refractivity contribution in [2.24, 2.45) is 5.16 Å². The van der Waals surface area contributed by atoms with E-state index in [9.17, 15) is 24.5 Å². The van der Waals surface area contributed by atoms with Crippen molar-refractivity contribution in [3.05, 3.63) is 32.9 Å². The number of nitrogens with zero attached hydrogens (tertiary/aromatic N) is 2. The Morgan fingerprint density at radius 2 is 1.86 bits per heavy atom. The Labute approximate surface area is 117 Å². The van der Waals surface area contributed by atoms with E-state index in [4.69, 9.17) is 5.21 Å². The van der Waals surface area contributed by atoms with Crippen LogP contribution in [-0.2, 0) is 9.59 Å². The molecule has 1 heterocycles. The second-order valence-corrected chi connectivity index (χ2v) is 4.41. The van der Waals surface area contributed by atoms with Crippen molar-refractivity contribution in [3.8, 4) is 0 Å². The quantitative estimate of drug-likeness (QED) is 0.338. The van der Waals surface area contributed by atoms with Crippen LogP contribution >= 0.6 is 0 Å². The smallest absolute Gasteiger partial charge is 0.285 e. The van der Waals surface area contributed by atoms with Gasteiger partial charge in [-0.1, -0.05) is 5.16 Å². The molecule has 1 aliphatic heterocycles. The number of nitro benzene ring substituents is 1. The van der Waals surface area contributed by atoms with Gasteiger partial charge in [-0.3, -0.25) is 24.5 Å². The number of amides is 1. The molecule has 0 atom stereocenters. The van der Waals surface area contributed by atoms with E-state index in [0.717, 1.165) is 0 Å². The van der Waals surface area contributed by atoms with Crippen LogP contribution in [0.15, 0.2) is 11.2 Å². The molecule has 108 valence electrons. The number of hydrogen-bond donors (Lipinski definition) is 2. The lowest BCUT2D eigenvalue weighted by Gasteiger charge is -2.10. The van der Waals surface area contributed by atoms with E-state index in [-0.39, 0.29) is 11.3 Å². The molecular formula is C12H9N3O6. The maximum absolute atomic E-state index is 12.1. The summed E-state index contributed by atoms with van der Waals surface area (Å²) in [6, 6.07) is 1.35. The zero-order chi connectivity index (χ0) is 15.9. The topological polar surface area (TPSA) is 139 Å². The fourth-order valence-corrected chi connectivity index (χ4v) is 2.05. The third kappa shape index (κ3) is 2.04. The minimum Gasteiger partial charge on any atom is -0.410 e. The van der Waals surface area contributed by atoms with Gasteiger partial charge < -0.3 is 10.5 Å². The number of hydrogen-bond acceptors (Lipinski definition) is 7. The minimum absolute atomic E-state index is 0.160. The number of aryl methyl sites for hydroxylation is 1. The summed E-state index contributed by atoms with van der Waals surface area (Å²) in [5.41, 5.74) is -1.57. The van der Waals surface area contributed by atoms with Crippen LogP contribution in [0.1, 0.15) is 21.5 Å². The van der Waals surface area contributed by atoms with Crippen molar-refractivity contribution in [1.29, 1.82) is 0 Å².